The number of esters is 1. The summed E-state index contributed by atoms with van der Waals surface area (Å²) < 4.78 is 16.0. The lowest BCUT2D eigenvalue weighted by atomic mass is 10.1. The molecule has 8 heteroatoms. The first-order valence-electron chi connectivity index (χ1n) is 10.7. The summed E-state index contributed by atoms with van der Waals surface area (Å²) in [5, 5.41) is -0.331. The molecule has 0 saturated carbocycles. The Labute approximate surface area is 207 Å². The van der Waals surface area contributed by atoms with E-state index in [-0.39, 0.29) is 23.4 Å². The van der Waals surface area contributed by atoms with Crippen LogP contribution in [0.25, 0.3) is 6.08 Å². The van der Waals surface area contributed by atoms with Gasteiger partial charge in [-0.1, -0.05) is 35.9 Å². The Morgan fingerprint density at radius 3 is 2.40 bits per heavy atom. The van der Waals surface area contributed by atoms with Gasteiger partial charge < -0.3 is 14.2 Å². The van der Waals surface area contributed by atoms with E-state index in [2.05, 4.69) is 0 Å². The van der Waals surface area contributed by atoms with Crippen molar-refractivity contribution in [2.24, 2.45) is 0 Å². The second-order valence-corrected chi connectivity index (χ2v) is 8.78. The molecule has 0 unspecified atom stereocenters. The molecule has 3 aromatic carbocycles. The molecule has 0 N–H and O–H groups in total. The second-order valence-electron chi connectivity index (χ2n) is 7.79. The standard InChI is InChI=1S/C27H23NO6S/c1-17-5-4-6-19(13-17)16-28-25(29)24(35-27(28)31)15-18-7-12-22(33-3)23(14-18)34-26(30)20-8-10-21(32-2)11-9-20/h4-15H,16H2,1-3H3/b24-15-. The van der Waals surface area contributed by atoms with E-state index in [1.54, 1.807) is 55.7 Å². The summed E-state index contributed by atoms with van der Waals surface area (Å²) in [6.07, 6.45) is 1.60. The van der Waals surface area contributed by atoms with Crippen molar-refractivity contribution >= 4 is 35.0 Å². The highest BCUT2D eigenvalue weighted by molar-refractivity contribution is 8.18. The van der Waals surface area contributed by atoms with Crippen LogP contribution >= 0.6 is 11.8 Å². The van der Waals surface area contributed by atoms with Gasteiger partial charge in [-0.2, -0.15) is 0 Å². The molecule has 4 rings (SSSR count). The van der Waals surface area contributed by atoms with Gasteiger partial charge in [-0.25, -0.2) is 4.79 Å². The molecule has 1 aliphatic rings. The van der Waals surface area contributed by atoms with Gasteiger partial charge in [0.15, 0.2) is 11.5 Å². The highest BCUT2D eigenvalue weighted by Crippen LogP contribution is 2.35. The molecule has 2 amide bonds. The Hall–Kier alpha value is -4.04. The number of nitrogens with zero attached hydrogens (tertiary/aromatic N) is 1. The molecule has 0 radical (unpaired) electrons. The van der Waals surface area contributed by atoms with Crippen LogP contribution in [-0.2, 0) is 11.3 Å². The van der Waals surface area contributed by atoms with Crippen LogP contribution in [0, 0.1) is 6.92 Å². The Kier molecular flexibility index (Phi) is 7.22. The SMILES string of the molecule is COc1ccc(C(=O)Oc2cc(/C=C3\SC(=O)N(Cc4cccc(C)c4)C3=O)ccc2OC)cc1. The lowest BCUT2D eigenvalue weighted by Gasteiger charge is -2.13. The number of ether oxygens (including phenoxy) is 3. The summed E-state index contributed by atoms with van der Waals surface area (Å²) in [6.45, 7) is 2.16. The molecule has 178 valence electrons. The van der Waals surface area contributed by atoms with Crippen LogP contribution in [0.15, 0.2) is 71.6 Å². The molecule has 0 aliphatic carbocycles. The first-order valence-corrected chi connectivity index (χ1v) is 11.5. The summed E-state index contributed by atoms with van der Waals surface area (Å²) in [5.74, 6) is 0.241. The number of methoxy groups -OCH3 is 2. The van der Waals surface area contributed by atoms with Crippen molar-refractivity contribution in [1.82, 2.24) is 4.90 Å². The van der Waals surface area contributed by atoms with E-state index >= 15 is 0 Å². The third-order valence-corrected chi connectivity index (χ3v) is 6.22. The van der Waals surface area contributed by atoms with E-state index in [0.29, 0.717) is 27.5 Å². The van der Waals surface area contributed by atoms with E-state index in [1.807, 2.05) is 31.2 Å². The van der Waals surface area contributed by atoms with Gasteiger partial charge in [-0.05, 0) is 72.3 Å². The predicted octanol–water partition coefficient (Wildman–Crippen LogP) is 5.47. The quantitative estimate of drug-likeness (QED) is 0.247. The van der Waals surface area contributed by atoms with Crippen molar-refractivity contribution in [1.29, 1.82) is 0 Å². The van der Waals surface area contributed by atoms with Crippen LogP contribution in [0.1, 0.15) is 27.0 Å². The molecule has 7 nitrogen and oxygen atoms in total. The van der Waals surface area contributed by atoms with Crippen LogP contribution in [-0.4, -0.2) is 36.2 Å². The first-order chi connectivity index (χ1) is 16.9. The Morgan fingerprint density at radius 2 is 1.71 bits per heavy atom. The molecule has 3 aromatic rings. The summed E-state index contributed by atoms with van der Waals surface area (Å²) in [7, 11) is 3.01. The highest BCUT2D eigenvalue weighted by Gasteiger charge is 2.35. The molecular weight excluding hydrogens is 466 g/mol. The molecule has 0 spiro atoms. The van der Waals surface area contributed by atoms with E-state index in [1.165, 1.54) is 12.0 Å². The molecule has 1 fully saturated rings. The van der Waals surface area contributed by atoms with Gasteiger partial charge in [0.1, 0.15) is 5.75 Å². The van der Waals surface area contributed by atoms with Crippen molar-refractivity contribution in [2.45, 2.75) is 13.5 Å². The van der Waals surface area contributed by atoms with Gasteiger partial charge in [-0.15, -0.1) is 0 Å². The molecule has 1 saturated heterocycles. The molecule has 0 aromatic heterocycles. The largest absolute Gasteiger partial charge is 0.497 e. The third kappa shape index (κ3) is 5.55. The van der Waals surface area contributed by atoms with Crippen molar-refractivity contribution < 1.29 is 28.6 Å². The number of imide groups is 1. The van der Waals surface area contributed by atoms with E-state index in [4.69, 9.17) is 14.2 Å². The smallest absolute Gasteiger partial charge is 0.343 e. The maximum Gasteiger partial charge on any atom is 0.343 e. The lowest BCUT2D eigenvalue weighted by Crippen LogP contribution is -2.27. The van der Waals surface area contributed by atoms with Crippen LogP contribution in [0.3, 0.4) is 0 Å². The van der Waals surface area contributed by atoms with Gasteiger partial charge in [0.25, 0.3) is 11.1 Å². The number of hydrogen-bond donors (Lipinski definition) is 0. The number of carbonyl (C=O) groups is 3. The molecule has 0 atom stereocenters. The number of carbonyl (C=O) groups excluding carboxylic acids is 3. The van der Waals surface area contributed by atoms with Crippen LogP contribution in [0.2, 0.25) is 0 Å². The fourth-order valence-corrected chi connectivity index (χ4v) is 4.37. The molecule has 1 aliphatic heterocycles. The topological polar surface area (TPSA) is 82.1 Å². The molecule has 1 heterocycles. The fraction of sp³-hybridized carbons (Fsp3) is 0.148. The number of benzene rings is 3. The second kappa shape index (κ2) is 10.5. The molecular formula is C27H23NO6S. The van der Waals surface area contributed by atoms with Gasteiger partial charge in [0.2, 0.25) is 0 Å². The predicted molar refractivity (Wildman–Crippen MR) is 134 cm³/mol. The number of rotatable bonds is 7. The van der Waals surface area contributed by atoms with Crippen molar-refractivity contribution in [3.05, 3.63) is 93.9 Å². The third-order valence-electron chi connectivity index (χ3n) is 5.31. The monoisotopic (exact) mass is 489 g/mol. The maximum atomic E-state index is 12.9. The average molecular weight is 490 g/mol. The minimum Gasteiger partial charge on any atom is -0.497 e. The highest BCUT2D eigenvalue weighted by atomic mass is 32.2. The first kappa shape index (κ1) is 24.1. The Balaban J connectivity index is 1.54. The fourth-order valence-electron chi connectivity index (χ4n) is 3.53. The number of amides is 2. The summed E-state index contributed by atoms with van der Waals surface area (Å²) in [5.41, 5.74) is 2.87. The minimum atomic E-state index is -0.568. The minimum absolute atomic E-state index is 0.195. The summed E-state index contributed by atoms with van der Waals surface area (Å²) >= 11 is 0.878. The maximum absolute atomic E-state index is 12.9. The van der Waals surface area contributed by atoms with Crippen LogP contribution in [0.4, 0.5) is 4.79 Å². The summed E-state index contributed by atoms with van der Waals surface area (Å²) in [4.78, 5) is 39.6. The molecule has 0 bridgehead atoms. The summed E-state index contributed by atoms with van der Waals surface area (Å²) in [6, 6.07) is 19.2. The van der Waals surface area contributed by atoms with Gasteiger partial charge in [0, 0.05) is 0 Å². The Morgan fingerprint density at radius 1 is 0.943 bits per heavy atom. The number of thioether (sulfide) groups is 1. The van der Waals surface area contributed by atoms with Gasteiger partial charge in [-0.3, -0.25) is 14.5 Å². The van der Waals surface area contributed by atoms with E-state index in [0.717, 1.165) is 22.9 Å². The Bertz CT molecular complexity index is 1320. The molecule has 35 heavy (non-hydrogen) atoms. The van der Waals surface area contributed by atoms with Crippen LogP contribution < -0.4 is 14.2 Å². The van der Waals surface area contributed by atoms with E-state index < -0.39 is 5.97 Å². The normalized spacial score (nSPS) is 14.4. The van der Waals surface area contributed by atoms with Crippen molar-refractivity contribution in [2.75, 3.05) is 14.2 Å². The van der Waals surface area contributed by atoms with Crippen LogP contribution in [0.5, 0.6) is 17.2 Å². The average Bonchev–Trinajstić information content (AvgIpc) is 3.11. The van der Waals surface area contributed by atoms with Gasteiger partial charge >= 0.3 is 5.97 Å². The van der Waals surface area contributed by atoms with Crippen molar-refractivity contribution in [3.63, 3.8) is 0 Å². The van der Waals surface area contributed by atoms with Crippen molar-refractivity contribution in [3.8, 4) is 17.2 Å². The lowest BCUT2D eigenvalue weighted by molar-refractivity contribution is -0.123. The zero-order valence-corrected chi connectivity index (χ0v) is 20.3. The zero-order valence-electron chi connectivity index (χ0n) is 19.4. The number of aryl methyl sites for hydroxylation is 1. The van der Waals surface area contributed by atoms with E-state index in [9.17, 15) is 14.4 Å². The zero-order chi connectivity index (χ0) is 24.9. The number of hydrogen-bond acceptors (Lipinski definition) is 7. The van der Waals surface area contributed by atoms with Gasteiger partial charge in [0.05, 0.1) is 31.2 Å².